The molecule has 1 heterocycles. The van der Waals surface area contributed by atoms with Gasteiger partial charge in [0.15, 0.2) is 0 Å². The van der Waals surface area contributed by atoms with Gasteiger partial charge in [0.05, 0.1) is 12.1 Å². The summed E-state index contributed by atoms with van der Waals surface area (Å²) in [4.78, 5) is 14.1. The second kappa shape index (κ2) is 7.95. The van der Waals surface area contributed by atoms with Crippen LogP contribution in [0.15, 0.2) is 0 Å². The lowest BCUT2D eigenvalue weighted by Crippen LogP contribution is -2.48. The Labute approximate surface area is 108 Å². The van der Waals surface area contributed by atoms with E-state index in [1.54, 1.807) is 0 Å². The van der Waals surface area contributed by atoms with Crippen LogP contribution in [0.2, 0.25) is 0 Å². The summed E-state index contributed by atoms with van der Waals surface area (Å²) in [6.45, 7) is 6.47. The third-order valence-corrected chi connectivity index (χ3v) is 4.16. The summed E-state index contributed by atoms with van der Waals surface area (Å²) in [5.74, 6) is 2.32. The van der Waals surface area contributed by atoms with Gasteiger partial charge in [-0.2, -0.15) is 11.8 Å². The van der Waals surface area contributed by atoms with E-state index in [1.165, 1.54) is 0 Å². The average Bonchev–Trinajstić information content (AvgIpc) is 2.38. The highest BCUT2D eigenvalue weighted by Gasteiger charge is 2.22. The molecule has 1 amide bonds. The van der Waals surface area contributed by atoms with Crippen molar-refractivity contribution in [3.8, 4) is 0 Å². The summed E-state index contributed by atoms with van der Waals surface area (Å²) in [6, 6.07) is -0.0466. The molecule has 0 saturated carbocycles. The minimum Gasteiger partial charge on any atom is -0.393 e. The molecule has 4 nitrogen and oxygen atoms in total. The summed E-state index contributed by atoms with van der Waals surface area (Å²) in [6.07, 6.45) is 1.09. The first-order valence-corrected chi connectivity index (χ1v) is 7.58. The number of hydrogen-bond acceptors (Lipinski definition) is 4. The summed E-state index contributed by atoms with van der Waals surface area (Å²) < 4.78 is 0. The molecule has 2 atom stereocenters. The first kappa shape index (κ1) is 14.8. The quantitative estimate of drug-likeness (QED) is 0.738. The molecule has 1 fully saturated rings. The Morgan fingerprint density at radius 1 is 1.47 bits per heavy atom. The Balaban J connectivity index is 2.21. The van der Waals surface area contributed by atoms with Crippen molar-refractivity contribution in [1.29, 1.82) is 0 Å². The Hall–Kier alpha value is -0.260. The molecule has 2 N–H and O–H groups in total. The van der Waals surface area contributed by atoms with Gasteiger partial charge in [-0.25, -0.2) is 0 Å². The highest BCUT2D eigenvalue weighted by Crippen LogP contribution is 2.12. The molecular formula is C12H24N2O2S. The minimum absolute atomic E-state index is 0.0466. The van der Waals surface area contributed by atoms with Crippen LogP contribution in [-0.4, -0.2) is 59.2 Å². The lowest BCUT2D eigenvalue weighted by Gasteiger charge is -2.31. The van der Waals surface area contributed by atoms with Gasteiger partial charge in [-0.1, -0.05) is 6.92 Å². The number of hydrogen-bond donors (Lipinski definition) is 2. The Kier molecular flexibility index (Phi) is 6.92. The van der Waals surface area contributed by atoms with Crippen molar-refractivity contribution >= 4 is 17.7 Å². The van der Waals surface area contributed by atoms with Crippen molar-refractivity contribution in [1.82, 2.24) is 10.2 Å². The third-order valence-electron chi connectivity index (χ3n) is 3.22. The van der Waals surface area contributed by atoms with Gasteiger partial charge in [-0.3, -0.25) is 9.69 Å². The van der Waals surface area contributed by atoms with Crippen LogP contribution in [0, 0.1) is 0 Å². The lowest BCUT2D eigenvalue weighted by molar-refractivity contribution is -0.125. The van der Waals surface area contributed by atoms with E-state index in [-0.39, 0.29) is 18.1 Å². The fourth-order valence-electron chi connectivity index (χ4n) is 1.84. The summed E-state index contributed by atoms with van der Waals surface area (Å²) in [5.41, 5.74) is 0. The molecule has 0 bridgehead atoms. The maximum atomic E-state index is 11.9. The smallest absolute Gasteiger partial charge is 0.237 e. The molecule has 1 rings (SSSR count). The maximum absolute atomic E-state index is 11.9. The molecule has 0 radical (unpaired) electrons. The van der Waals surface area contributed by atoms with E-state index in [4.69, 9.17) is 0 Å². The van der Waals surface area contributed by atoms with Gasteiger partial charge in [0, 0.05) is 31.1 Å². The van der Waals surface area contributed by atoms with Gasteiger partial charge < -0.3 is 10.4 Å². The number of thioether (sulfide) groups is 1. The zero-order valence-corrected chi connectivity index (χ0v) is 11.6. The number of aliphatic hydroxyl groups excluding tert-OH is 1. The van der Waals surface area contributed by atoms with Crippen molar-refractivity contribution < 1.29 is 9.90 Å². The number of nitrogens with one attached hydrogen (secondary N) is 1. The molecule has 1 aliphatic rings. The molecule has 0 aromatic heterocycles. The first-order chi connectivity index (χ1) is 8.15. The Morgan fingerprint density at radius 2 is 2.12 bits per heavy atom. The largest absolute Gasteiger partial charge is 0.393 e. The predicted octanol–water partition coefficient (Wildman–Crippen LogP) is 0.701. The lowest BCUT2D eigenvalue weighted by atomic mass is 10.2. The van der Waals surface area contributed by atoms with E-state index < -0.39 is 0 Å². The number of rotatable bonds is 6. The van der Waals surface area contributed by atoms with Crippen LogP contribution >= 0.6 is 11.8 Å². The maximum Gasteiger partial charge on any atom is 0.237 e. The molecule has 0 aromatic carbocycles. The Bertz CT molecular complexity index is 233. The van der Waals surface area contributed by atoms with Gasteiger partial charge in [0.25, 0.3) is 0 Å². The Morgan fingerprint density at radius 3 is 2.71 bits per heavy atom. The van der Waals surface area contributed by atoms with E-state index in [1.807, 2.05) is 25.6 Å². The molecule has 0 aromatic rings. The molecule has 1 aliphatic heterocycles. The minimum atomic E-state index is -0.294. The SMILES string of the molecule is CCC(O)CCNC(=O)C(C)N1CCSCC1. The number of carbonyl (C=O) groups excluding carboxylic acids is 1. The molecule has 0 aliphatic carbocycles. The van der Waals surface area contributed by atoms with E-state index in [0.717, 1.165) is 31.0 Å². The highest BCUT2D eigenvalue weighted by molar-refractivity contribution is 7.99. The fraction of sp³-hybridized carbons (Fsp3) is 0.917. The number of nitrogens with zero attached hydrogens (tertiary/aromatic N) is 1. The molecule has 5 heteroatoms. The second-order valence-corrected chi connectivity index (χ2v) is 5.69. The van der Waals surface area contributed by atoms with Crippen molar-refractivity contribution in [2.45, 2.75) is 38.8 Å². The third kappa shape index (κ3) is 5.27. The number of aliphatic hydroxyl groups is 1. The monoisotopic (exact) mass is 260 g/mol. The van der Waals surface area contributed by atoms with Gasteiger partial charge in [-0.15, -0.1) is 0 Å². The van der Waals surface area contributed by atoms with Crippen molar-refractivity contribution in [2.24, 2.45) is 0 Å². The van der Waals surface area contributed by atoms with Gasteiger partial charge >= 0.3 is 0 Å². The average molecular weight is 260 g/mol. The standard InChI is InChI=1S/C12H24N2O2S/c1-3-11(15)4-5-13-12(16)10(2)14-6-8-17-9-7-14/h10-11,15H,3-9H2,1-2H3,(H,13,16). The van der Waals surface area contributed by atoms with Gasteiger partial charge in [0.1, 0.15) is 0 Å². The van der Waals surface area contributed by atoms with Crippen molar-refractivity contribution in [3.05, 3.63) is 0 Å². The molecule has 1 saturated heterocycles. The second-order valence-electron chi connectivity index (χ2n) is 4.47. The summed E-state index contributed by atoms with van der Waals surface area (Å²) in [5, 5.41) is 12.3. The molecule has 17 heavy (non-hydrogen) atoms. The van der Waals surface area contributed by atoms with E-state index >= 15 is 0 Å². The van der Waals surface area contributed by atoms with E-state index in [2.05, 4.69) is 10.2 Å². The van der Waals surface area contributed by atoms with E-state index in [9.17, 15) is 9.90 Å². The fourth-order valence-corrected chi connectivity index (χ4v) is 2.78. The van der Waals surface area contributed by atoms with Gasteiger partial charge in [0.2, 0.25) is 5.91 Å². The first-order valence-electron chi connectivity index (χ1n) is 6.42. The summed E-state index contributed by atoms with van der Waals surface area (Å²) >= 11 is 1.95. The van der Waals surface area contributed by atoms with Gasteiger partial charge in [-0.05, 0) is 19.8 Å². The molecule has 0 spiro atoms. The van der Waals surface area contributed by atoms with Crippen molar-refractivity contribution in [3.63, 3.8) is 0 Å². The van der Waals surface area contributed by atoms with Crippen molar-refractivity contribution in [2.75, 3.05) is 31.1 Å². The van der Waals surface area contributed by atoms with Crippen LogP contribution in [0.4, 0.5) is 0 Å². The molecule has 100 valence electrons. The summed E-state index contributed by atoms with van der Waals surface area (Å²) in [7, 11) is 0. The van der Waals surface area contributed by atoms with Crippen LogP contribution in [0.25, 0.3) is 0 Å². The molecular weight excluding hydrogens is 236 g/mol. The normalized spacial score (nSPS) is 20.9. The zero-order valence-electron chi connectivity index (χ0n) is 10.8. The highest BCUT2D eigenvalue weighted by atomic mass is 32.2. The van der Waals surface area contributed by atoms with Crippen LogP contribution in [0.5, 0.6) is 0 Å². The van der Waals surface area contributed by atoms with Crippen LogP contribution in [0.1, 0.15) is 26.7 Å². The predicted molar refractivity (Wildman–Crippen MR) is 72.3 cm³/mol. The van der Waals surface area contributed by atoms with E-state index in [0.29, 0.717) is 13.0 Å². The zero-order chi connectivity index (χ0) is 12.7. The molecule has 2 unspecified atom stereocenters. The number of amides is 1. The van der Waals surface area contributed by atoms with Crippen LogP contribution < -0.4 is 5.32 Å². The van der Waals surface area contributed by atoms with Crippen LogP contribution in [0.3, 0.4) is 0 Å². The number of carbonyl (C=O) groups is 1. The topological polar surface area (TPSA) is 52.6 Å². The van der Waals surface area contributed by atoms with Crippen LogP contribution in [-0.2, 0) is 4.79 Å².